The van der Waals surface area contributed by atoms with Crippen molar-refractivity contribution in [3.8, 4) is 0 Å². The van der Waals surface area contributed by atoms with Crippen LogP contribution in [0.1, 0.15) is 19.7 Å². The molecule has 1 amide bonds. The van der Waals surface area contributed by atoms with Gasteiger partial charge in [0.15, 0.2) is 0 Å². The van der Waals surface area contributed by atoms with Gasteiger partial charge in [0.2, 0.25) is 5.91 Å². The predicted molar refractivity (Wildman–Crippen MR) is 49.6 cm³/mol. The maximum Gasteiger partial charge on any atom is 0.318 e. The monoisotopic (exact) mass is 212 g/mol. The largest absolute Gasteiger partial charge is 0.480 e. The Hall–Kier alpha value is -1.92. The van der Waals surface area contributed by atoms with Crippen molar-refractivity contribution >= 4 is 11.9 Å². The molecule has 1 heterocycles. The predicted octanol–water partition coefficient (Wildman–Crippen LogP) is -0.468. The number of nitrogens with zero attached hydrogens (tertiary/aromatic N) is 2. The van der Waals surface area contributed by atoms with Crippen LogP contribution in [0.5, 0.6) is 0 Å². The van der Waals surface area contributed by atoms with Crippen molar-refractivity contribution in [1.29, 1.82) is 0 Å². The molecule has 0 aliphatic heterocycles. The minimum atomic E-state index is -1.44. The average Bonchev–Trinajstić information content (AvgIpc) is 2.66. The highest BCUT2D eigenvalue weighted by Gasteiger charge is 2.35. The van der Waals surface area contributed by atoms with Crippen LogP contribution in [0.3, 0.4) is 0 Å². The average molecular weight is 212 g/mol. The molecule has 1 aromatic rings. The lowest BCUT2D eigenvalue weighted by Crippen LogP contribution is -2.42. The highest BCUT2D eigenvalue weighted by molar-refractivity contribution is 6.00. The minimum absolute atomic E-state index is 0.134. The number of aromatic amines is 1. The van der Waals surface area contributed by atoms with Crippen molar-refractivity contribution in [1.82, 2.24) is 20.5 Å². The van der Waals surface area contributed by atoms with Crippen molar-refractivity contribution in [2.24, 2.45) is 5.41 Å². The number of nitrogens with one attached hydrogen (secondary N) is 2. The number of hydrogen-bond donors (Lipinski definition) is 3. The quantitative estimate of drug-likeness (QED) is 0.585. The Morgan fingerprint density at radius 1 is 1.60 bits per heavy atom. The number of hydrogen-bond acceptors (Lipinski definition) is 4. The van der Waals surface area contributed by atoms with Crippen LogP contribution in [-0.2, 0) is 16.1 Å². The number of H-pyrrole nitrogens is 1. The second-order valence-electron chi connectivity index (χ2n) is 3.54. The van der Waals surface area contributed by atoms with Crippen molar-refractivity contribution in [3.63, 3.8) is 0 Å². The molecule has 0 aromatic carbocycles. The van der Waals surface area contributed by atoms with Gasteiger partial charge in [-0.1, -0.05) is 0 Å². The van der Waals surface area contributed by atoms with Crippen LogP contribution in [-0.4, -0.2) is 32.2 Å². The standard InChI is InChI=1S/C8H12N4O3/c1-8(2,7(14)15)6(13)9-3-5-10-4-11-12-5/h4H,3H2,1-2H3,(H,9,13)(H,14,15)(H,10,11,12). The third-order valence-corrected chi connectivity index (χ3v) is 1.98. The van der Waals surface area contributed by atoms with Gasteiger partial charge >= 0.3 is 5.97 Å². The molecule has 0 bridgehead atoms. The van der Waals surface area contributed by atoms with Gasteiger partial charge in [-0.15, -0.1) is 0 Å². The summed E-state index contributed by atoms with van der Waals surface area (Å²) in [6, 6.07) is 0. The van der Waals surface area contributed by atoms with Gasteiger partial charge in [-0.3, -0.25) is 14.7 Å². The zero-order valence-corrected chi connectivity index (χ0v) is 8.44. The van der Waals surface area contributed by atoms with E-state index in [0.29, 0.717) is 5.82 Å². The molecule has 15 heavy (non-hydrogen) atoms. The van der Waals surface area contributed by atoms with Crippen LogP contribution in [0.2, 0.25) is 0 Å². The Morgan fingerprint density at radius 3 is 2.73 bits per heavy atom. The third kappa shape index (κ3) is 2.52. The summed E-state index contributed by atoms with van der Waals surface area (Å²) >= 11 is 0. The van der Waals surface area contributed by atoms with Gasteiger partial charge in [-0.25, -0.2) is 4.98 Å². The molecule has 0 radical (unpaired) electrons. The number of amides is 1. The van der Waals surface area contributed by atoms with Gasteiger partial charge in [0.25, 0.3) is 0 Å². The summed E-state index contributed by atoms with van der Waals surface area (Å²) in [5.74, 6) is -1.26. The Balaban J connectivity index is 2.53. The second-order valence-corrected chi connectivity index (χ2v) is 3.54. The summed E-state index contributed by atoms with van der Waals surface area (Å²) in [4.78, 5) is 26.0. The molecule has 0 aliphatic carbocycles. The van der Waals surface area contributed by atoms with Crippen LogP contribution in [0.15, 0.2) is 6.33 Å². The lowest BCUT2D eigenvalue weighted by molar-refractivity contribution is -0.153. The number of carbonyl (C=O) groups is 2. The fraction of sp³-hybridized carbons (Fsp3) is 0.500. The first-order valence-corrected chi connectivity index (χ1v) is 4.30. The molecule has 7 heteroatoms. The van der Waals surface area contributed by atoms with Crippen LogP contribution in [0.4, 0.5) is 0 Å². The van der Waals surface area contributed by atoms with Crippen molar-refractivity contribution in [2.75, 3.05) is 0 Å². The van der Waals surface area contributed by atoms with E-state index in [1.54, 1.807) is 0 Å². The number of rotatable bonds is 4. The topological polar surface area (TPSA) is 108 Å². The molecule has 0 spiro atoms. The van der Waals surface area contributed by atoms with Gasteiger partial charge in [0.05, 0.1) is 6.54 Å². The number of carboxylic acid groups (broad SMARTS) is 1. The molecule has 0 aliphatic rings. The first kappa shape index (κ1) is 11.2. The Morgan fingerprint density at radius 2 is 2.27 bits per heavy atom. The van der Waals surface area contributed by atoms with Gasteiger partial charge in [0.1, 0.15) is 17.6 Å². The first-order chi connectivity index (χ1) is 6.94. The van der Waals surface area contributed by atoms with Crippen LogP contribution in [0, 0.1) is 5.41 Å². The lowest BCUT2D eigenvalue weighted by atomic mass is 9.93. The van der Waals surface area contributed by atoms with Gasteiger partial charge < -0.3 is 10.4 Å². The summed E-state index contributed by atoms with van der Waals surface area (Å²) in [7, 11) is 0. The molecule has 1 rings (SSSR count). The summed E-state index contributed by atoms with van der Waals surface area (Å²) < 4.78 is 0. The molecule has 3 N–H and O–H groups in total. The molecule has 0 fully saturated rings. The van der Waals surface area contributed by atoms with E-state index in [2.05, 4.69) is 20.5 Å². The highest BCUT2D eigenvalue weighted by Crippen LogP contribution is 2.14. The van der Waals surface area contributed by atoms with E-state index in [-0.39, 0.29) is 6.54 Å². The summed E-state index contributed by atoms with van der Waals surface area (Å²) in [6.07, 6.45) is 1.31. The molecule has 0 unspecified atom stereocenters. The van der Waals surface area contributed by atoms with Crippen molar-refractivity contribution in [3.05, 3.63) is 12.2 Å². The van der Waals surface area contributed by atoms with Gasteiger partial charge in [0, 0.05) is 0 Å². The lowest BCUT2D eigenvalue weighted by Gasteiger charge is -2.17. The molecule has 0 saturated carbocycles. The number of carboxylic acids is 1. The SMILES string of the molecule is CC(C)(C(=O)O)C(=O)NCc1ncn[nH]1. The smallest absolute Gasteiger partial charge is 0.318 e. The molecule has 1 aromatic heterocycles. The van der Waals surface area contributed by atoms with Crippen LogP contribution in [0.25, 0.3) is 0 Å². The van der Waals surface area contributed by atoms with E-state index in [4.69, 9.17) is 5.11 Å². The van der Waals surface area contributed by atoms with E-state index in [0.717, 1.165) is 0 Å². The zero-order chi connectivity index (χ0) is 11.5. The maximum atomic E-state index is 11.4. The Kier molecular flexibility index (Phi) is 3.03. The van der Waals surface area contributed by atoms with Gasteiger partial charge in [-0.05, 0) is 13.8 Å². The third-order valence-electron chi connectivity index (χ3n) is 1.98. The molecule has 0 atom stereocenters. The Labute approximate surface area is 85.9 Å². The molecular weight excluding hydrogens is 200 g/mol. The fourth-order valence-electron chi connectivity index (χ4n) is 0.798. The van der Waals surface area contributed by atoms with Crippen molar-refractivity contribution in [2.45, 2.75) is 20.4 Å². The van der Waals surface area contributed by atoms with E-state index >= 15 is 0 Å². The van der Waals surface area contributed by atoms with E-state index in [1.165, 1.54) is 20.2 Å². The summed E-state index contributed by atoms with van der Waals surface area (Å²) in [5, 5.41) is 17.4. The van der Waals surface area contributed by atoms with E-state index in [9.17, 15) is 9.59 Å². The fourth-order valence-corrected chi connectivity index (χ4v) is 0.798. The number of carbonyl (C=O) groups excluding carboxylic acids is 1. The molecule has 7 nitrogen and oxygen atoms in total. The van der Waals surface area contributed by atoms with E-state index < -0.39 is 17.3 Å². The van der Waals surface area contributed by atoms with Gasteiger partial charge in [-0.2, -0.15) is 5.10 Å². The zero-order valence-electron chi connectivity index (χ0n) is 8.44. The molecular formula is C8H12N4O3. The number of aromatic nitrogens is 3. The van der Waals surface area contributed by atoms with Crippen LogP contribution >= 0.6 is 0 Å². The minimum Gasteiger partial charge on any atom is -0.480 e. The maximum absolute atomic E-state index is 11.4. The normalized spacial score (nSPS) is 11.1. The second kappa shape index (κ2) is 4.07. The highest BCUT2D eigenvalue weighted by atomic mass is 16.4. The van der Waals surface area contributed by atoms with E-state index in [1.807, 2.05) is 0 Å². The molecule has 0 saturated heterocycles. The first-order valence-electron chi connectivity index (χ1n) is 4.30. The Bertz CT molecular complexity index is 358. The van der Waals surface area contributed by atoms with Crippen LogP contribution < -0.4 is 5.32 Å². The van der Waals surface area contributed by atoms with Crippen molar-refractivity contribution < 1.29 is 14.7 Å². The number of aliphatic carboxylic acids is 1. The summed E-state index contributed by atoms with van der Waals surface area (Å²) in [6.45, 7) is 2.81. The molecule has 82 valence electrons. The summed E-state index contributed by atoms with van der Waals surface area (Å²) in [5.41, 5.74) is -1.44.